The zero-order valence-corrected chi connectivity index (χ0v) is 13.8. The van der Waals surface area contributed by atoms with E-state index in [4.69, 9.17) is 9.47 Å². The number of hydrogen-bond donors (Lipinski definition) is 1. The smallest absolute Gasteiger partial charge is 0.242 e. The average molecular weight is 352 g/mol. The van der Waals surface area contributed by atoms with Gasteiger partial charge >= 0.3 is 0 Å². The summed E-state index contributed by atoms with van der Waals surface area (Å²) >= 11 is 0. The first-order chi connectivity index (χ1) is 11.5. The van der Waals surface area contributed by atoms with Gasteiger partial charge in [0.2, 0.25) is 15.9 Å². The van der Waals surface area contributed by atoms with Gasteiger partial charge in [-0.1, -0.05) is 0 Å². The number of nitrogens with one attached hydrogen (secondary N) is 1. The minimum absolute atomic E-state index is 0.0235. The van der Waals surface area contributed by atoms with Crippen molar-refractivity contribution in [3.63, 3.8) is 0 Å². The molecule has 0 bridgehead atoms. The number of aromatic nitrogens is 1. The molecule has 0 saturated heterocycles. The molecule has 2 heterocycles. The second kappa shape index (κ2) is 6.74. The van der Waals surface area contributed by atoms with E-state index in [9.17, 15) is 12.8 Å². The van der Waals surface area contributed by atoms with E-state index in [-0.39, 0.29) is 4.90 Å². The first-order valence-electron chi connectivity index (χ1n) is 7.53. The number of hydrogen-bond acceptors (Lipinski definition) is 5. The molecule has 0 aliphatic carbocycles. The molecule has 2 aromatic rings. The molecule has 3 rings (SSSR count). The molecule has 128 valence electrons. The van der Waals surface area contributed by atoms with Crippen molar-refractivity contribution in [3.05, 3.63) is 47.9 Å². The van der Waals surface area contributed by atoms with Gasteiger partial charge in [0.15, 0.2) is 0 Å². The fraction of sp³-hybridized carbons (Fsp3) is 0.312. The fourth-order valence-electron chi connectivity index (χ4n) is 2.50. The lowest BCUT2D eigenvalue weighted by Crippen LogP contribution is -2.32. The standard InChI is InChI=1S/C16H17FN2O4S/c1-2-22-16-6-4-12(10-18-16)24(20,21)19-14-7-8-23-15-5-3-11(17)9-13(14)15/h3-6,9-10,14,19H,2,7-8H2,1H3/t14-/m0/s1. The summed E-state index contributed by atoms with van der Waals surface area (Å²) in [6, 6.07) is 6.44. The van der Waals surface area contributed by atoms with Gasteiger partial charge in [-0.15, -0.1) is 0 Å². The quantitative estimate of drug-likeness (QED) is 0.894. The number of fused-ring (bicyclic) bond motifs is 1. The summed E-state index contributed by atoms with van der Waals surface area (Å²) in [7, 11) is -3.79. The van der Waals surface area contributed by atoms with E-state index in [1.54, 1.807) is 0 Å². The number of rotatable bonds is 5. The van der Waals surface area contributed by atoms with Crippen LogP contribution in [0.5, 0.6) is 11.6 Å². The summed E-state index contributed by atoms with van der Waals surface area (Å²) in [4.78, 5) is 3.98. The van der Waals surface area contributed by atoms with Gasteiger partial charge in [0.05, 0.1) is 25.5 Å². The monoisotopic (exact) mass is 352 g/mol. The Hall–Kier alpha value is -2.19. The second-order valence-corrected chi connectivity index (χ2v) is 6.97. The number of pyridine rings is 1. The van der Waals surface area contributed by atoms with Crippen LogP contribution in [0.1, 0.15) is 24.9 Å². The largest absolute Gasteiger partial charge is 0.493 e. The first-order valence-corrected chi connectivity index (χ1v) is 9.01. The molecule has 1 atom stereocenters. The highest BCUT2D eigenvalue weighted by Gasteiger charge is 2.27. The third kappa shape index (κ3) is 3.49. The van der Waals surface area contributed by atoms with Gasteiger partial charge in [-0.25, -0.2) is 22.5 Å². The molecule has 1 aliphatic rings. The molecule has 0 spiro atoms. The van der Waals surface area contributed by atoms with Gasteiger partial charge in [-0.2, -0.15) is 0 Å². The fourth-order valence-corrected chi connectivity index (χ4v) is 3.70. The van der Waals surface area contributed by atoms with Gasteiger partial charge in [0, 0.05) is 18.1 Å². The molecule has 1 aromatic carbocycles. The minimum atomic E-state index is -3.79. The van der Waals surface area contributed by atoms with Crippen LogP contribution in [-0.4, -0.2) is 26.6 Å². The van der Waals surface area contributed by atoms with Crippen molar-refractivity contribution in [1.82, 2.24) is 9.71 Å². The van der Waals surface area contributed by atoms with Crippen LogP contribution in [0.25, 0.3) is 0 Å². The first kappa shape index (κ1) is 16.7. The van der Waals surface area contributed by atoms with Crippen molar-refractivity contribution < 1.29 is 22.3 Å². The van der Waals surface area contributed by atoms with Crippen LogP contribution < -0.4 is 14.2 Å². The maximum absolute atomic E-state index is 13.5. The maximum Gasteiger partial charge on any atom is 0.242 e. The zero-order valence-electron chi connectivity index (χ0n) is 13.0. The third-order valence-corrected chi connectivity index (χ3v) is 5.08. The highest BCUT2D eigenvalue weighted by atomic mass is 32.2. The van der Waals surface area contributed by atoms with Crippen molar-refractivity contribution in [2.24, 2.45) is 0 Å². The lowest BCUT2D eigenvalue weighted by atomic mass is 10.0. The summed E-state index contributed by atoms with van der Waals surface area (Å²) in [5.41, 5.74) is 0.490. The van der Waals surface area contributed by atoms with E-state index >= 15 is 0 Å². The molecule has 0 fully saturated rings. The number of nitrogens with zero attached hydrogens (tertiary/aromatic N) is 1. The second-order valence-electron chi connectivity index (χ2n) is 5.26. The summed E-state index contributed by atoms with van der Waals surface area (Å²) in [6.45, 7) is 2.62. The van der Waals surface area contributed by atoms with E-state index in [0.717, 1.165) is 0 Å². The Labute approximate surface area is 139 Å². The predicted molar refractivity (Wildman–Crippen MR) is 85.0 cm³/mol. The van der Waals surface area contributed by atoms with Crippen LogP contribution in [0.4, 0.5) is 4.39 Å². The lowest BCUT2D eigenvalue weighted by molar-refractivity contribution is 0.262. The van der Waals surface area contributed by atoms with Crippen LogP contribution in [0.15, 0.2) is 41.4 Å². The molecule has 0 saturated carbocycles. The van der Waals surface area contributed by atoms with Crippen molar-refractivity contribution >= 4 is 10.0 Å². The van der Waals surface area contributed by atoms with E-state index in [1.165, 1.54) is 36.5 Å². The molecule has 6 nitrogen and oxygen atoms in total. The van der Waals surface area contributed by atoms with Crippen LogP contribution in [0.3, 0.4) is 0 Å². The Balaban J connectivity index is 1.84. The van der Waals surface area contributed by atoms with Crippen LogP contribution in [-0.2, 0) is 10.0 Å². The molecule has 0 radical (unpaired) electrons. The van der Waals surface area contributed by atoms with Crippen molar-refractivity contribution in [1.29, 1.82) is 0 Å². The number of ether oxygens (including phenoxy) is 2. The summed E-state index contributed by atoms with van der Waals surface area (Å²) < 4.78 is 51.8. The molecule has 8 heteroatoms. The summed E-state index contributed by atoms with van der Waals surface area (Å²) in [5, 5.41) is 0. The predicted octanol–water partition coefficient (Wildman–Crippen LogP) is 2.42. The number of halogens is 1. The topological polar surface area (TPSA) is 77.5 Å². The third-order valence-electron chi connectivity index (χ3n) is 3.62. The van der Waals surface area contributed by atoms with E-state index < -0.39 is 21.9 Å². The molecule has 1 aromatic heterocycles. The highest BCUT2D eigenvalue weighted by molar-refractivity contribution is 7.89. The van der Waals surface area contributed by atoms with Crippen molar-refractivity contribution in [2.45, 2.75) is 24.3 Å². The average Bonchev–Trinajstić information content (AvgIpc) is 2.56. The van der Waals surface area contributed by atoms with Crippen LogP contribution in [0.2, 0.25) is 0 Å². The van der Waals surface area contributed by atoms with Crippen LogP contribution in [0, 0.1) is 5.82 Å². The minimum Gasteiger partial charge on any atom is -0.493 e. The van der Waals surface area contributed by atoms with Gasteiger partial charge in [-0.05, 0) is 31.2 Å². The molecule has 1 aliphatic heterocycles. The van der Waals surface area contributed by atoms with Gasteiger partial charge in [0.1, 0.15) is 16.5 Å². The number of benzene rings is 1. The molecule has 0 amide bonds. The summed E-state index contributed by atoms with van der Waals surface area (Å²) in [5.74, 6) is 0.404. The lowest BCUT2D eigenvalue weighted by Gasteiger charge is -2.26. The Morgan fingerprint density at radius 2 is 2.21 bits per heavy atom. The highest BCUT2D eigenvalue weighted by Crippen LogP contribution is 2.33. The maximum atomic E-state index is 13.5. The van der Waals surface area contributed by atoms with Gasteiger partial charge in [-0.3, -0.25) is 0 Å². The molecular formula is C16H17FN2O4S. The zero-order chi connectivity index (χ0) is 17.2. The van der Waals surface area contributed by atoms with Crippen LogP contribution >= 0.6 is 0 Å². The molecular weight excluding hydrogens is 335 g/mol. The molecule has 24 heavy (non-hydrogen) atoms. The Morgan fingerprint density at radius 3 is 2.92 bits per heavy atom. The Kier molecular flexibility index (Phi) is 4.68. The van der Waals surface area contributed by atoms with Gasteiger partial charge < -0.3 is 9.47 Å². The molecule has 0 unspecified atom stereocenters. The normalized spacial score (nSPS) is 17.0. The van der Waals surface area contributed by atoms with Gasteiger partial charge in [0.25, 0.3) is 0 Å². The Bertz CT molecular complexity index is 824. The van der Waals surface area contributed by atoms with Crippen molar-refractivity contribution in [2.75, 3.05) is 13.2 Å². The van der Waals surface area contributed by atoms with E-state index in [1.807, 2.05) is 6.92 Å². The van der Waals surface area contributed by atoms with E-state index in [2.05, 4.69) is 9.71 Å². The Morgan fingerprint density at radius 1 is 1.38 bits per heavy atom. The summed E-state index contributed by atoms with van der Waals surface area (Å²) in [6.07, 6.45) is 1.65. The van der Waals surface area contributed by atoms with Crippen molar-refractivity contribution in [3.8, 4) is 11.6 Å². The molecule has 1 N–H and O–H groups in total. The SMILES string of the molecule is CCOc1ccc(S(=O)(=O)N[C@H]2CCOc3ccc(F)cc32)cn1. The number of sulfonamides is 1. The van der Waals surface area contributed by atoms with E-state index in [0.29, 0.717) is 36.8 Å².